The number of ether oxygens (including phenoxy) is 1. The van der Waals surface area contributed by atoms with E-state index in [9.17, 15) is 18.5 Å². The van der Waals surface area contributed by atoms with Gasteiger partial charge in [0.2, 0.25) is 5.95 Å². The maximum absolute atomic E-state index is 14.1. The first kappa shape index (κ1) is 21.8. The van der Waals surface area contributed by atoms with Gasteiger partial charge in [0.25, 0.3) is 0 Å². The molecular weight excluding hydrogens is 446 g/mol. The molecule has 34 heavy (non-hydrogen) atoms. The number of halogens is 2. The Morgan fingerprint density at radius 3 is 2.65 bits per heavy atom. The minimum Gasteiger partial charge on any atom is -0.378 e. The third-order valence-corrected chi connectivity index (χ3v) is 5.75. The summed E-state index contributed by atoms with van der Waals surface area (Å²) in [6.07, 6.45) is 0.464. The number of aromatic nitrogens is 2. The van der Waals surface area contributed by atoms with Crippen molar-refractivity contribution in [3.05, 3.63) is 64.6 Å². The quantitative estimate of drug-likeness (QED) is 0.577. The van der Waals surface area contributed by atoms with Gasteiger partial charge in [-0.15, -0.1) is 4.91 Å². The molecule has 11 heteroatoms. The Bertz CT molecular complexity index is 1270. The molecule has 0 atom stereocenters. The molecule has 0 radical (unpaired) electrons. The van der Waals surface area contributed by atoms with Gasteiger partial charge in [-0.05, 0) is 35.9 Å². The van der Waals surface area contributed by atoms with E-state index in [2.05, 4.69) is 15.5 Å². The molecule has 0 saturated carbocycles. The second-order valence-corrected chi connectivity index (χ2v) is 7.87. The van der Waals surface area contributed by atoms with Gasteiger partial charge in [-0.1, -0.05) is 12.1 Å². The van der Waals surface area contributed by atoms with Crippen LogP contribution < -0.4 is 15.1 Å². The van der Waals surface area contributed by atoms with Gasteiger partial charge in [-0.2, -0.15) is 4.98 Å². The number of amides is 2. The lowest BCUT2D eigenvalue weighted by Gasteiger charge is -2.28. The Morgan fingerprint density at radius 1 is 1.06 bits per heavy atom. The van der Waals surface area contributed by atoms with Crippen LogP contribution in [-0.2, 0) is 11.2 Å². The zero-order valence-electron chi connectivity index (χ0n) is 18.0. The normalized spacial score (nSPS) is 15.2. The third-order valence-electron chi connectivity index (χ3n) is 5.75. The van der Waals surface area contributed by atoms with Crippen molar-refractivity contribution in [1.82, 2.24) is 9.97 Å². The van der Waals surface area contributed by atoms with Crippen molar-refractivity contribution in [2.45, 2.75) is 6.42 Å². The maximum atomic E-state index is 14.1. The predicted octanol–water partition coefficient (Wildman–Crippen LogP) is 4.25. The molecule has 2 aromatic carbocycles. The summed E-state index contributed by atoms with van der Waals surface area (Å²) in [5.74, 6) is -0.782. The predicted molar refractivity (Wildman–Crippen MR) is 122 cm³/mol. The van der Waals surface area contributed by atoms with Gasteiger partial charge in [0, 0.05) is 36.8 Å². The molecule has 2 aliphatic heterocycles. The fourth-order valence-electron chi connectivity index (χ4n) is 4.07. The molecule has 1 aromatic heterocycles. The van der Waals surface area contributed by atoms with E-state index in [-0.39, 0.29) is 11.4 Å². The second-order valence-electron chi connectivity index (χ2n) is 7.87. The highest BCUT2D eigenvalue weighted by atomic mass is 19.1. The molecule has 2 aliphatic rings. The molecule has 0 spiro atoms. The highest BCUT2D eigenvalue weighted by molar-refractivity contribution is 6.03. The van der Waals surface area contributed by atoms with Gasteiger partial charge in [0.05, 0.1) is 24.6 Å². The summed E-state index contributed by atoms with van der Waals surface area (Å²) >= 11 is 0. The van der Waals surface area contributed by atoms with Crippen molar-refractivity contribution in [3.63, 3.8) is 0 Å². The van der Waals surface area contributed by atoms with Crippen LogP contribution in [0.15, 0.2) is 47.6 Å². The molecular formula is C23H20F2N6O3. The molecule has 174 valence electrons. The number of fused-ring (bicyclic) bond motifs is 1. The van der Waals surface area contributed by atoms with E-state index in [1.165, 1.54) is 11.0 Å². The molecule has 0 unspecified atom stereocenters. The Labute approximate surface area is 193 Å². The van der Waals surface area contributed by atoms with Crippen LogP contribution in [0.25, 0.3) is 11.3 Å². The van der Waals surface area contributed by atoms with Crippen LogP contribution in [0.2, 0.25) is 0 Å². The van der Waals surface area contributed by atoms with Crippen molar-refractivity contribution >= 4 is 29.2 Å². The van der Waals surface area contributed by atoms with Crippen LogP contribution in [-0.4, -0.2) is 48.8 Å². The van der Waals surface area contributed by atoms with Crippen LogP contribution in [0.1, 0.15) is 5.56 Å². The van der Waals surface area contributed by atoms with Gasteiger partial charge < -0.3 is 15.0 Å². The molecule has 5 rings (SSSR count). The van der Waals surface area contributed by atoms with E-state index in [0.29, 0.717) is 68.4 Å². The Balaban J connectivity index is 1.55. The number of hydrogen-bond donors (Lipinski definition) is 1. The number of nitroso groups, excluding NO2 is 1. The molecule has 0 bridgehead atoms. The molecule has 1 fully saturated rings. The lowest BCUT2D eigenvalue weighted by Crippen LogP contribution is -2.38. The fourth-order valence-corrected chi connectivity index (χ4v) is 4.07. The number of benzene rings is 2. The number of carbonyl (C=O) groups is 1. The zero-order valence-corrected chi connectivity index (χ0v) is 18.0. The summed E-state index contributed by atoms with van der Waals surface area (Å²) in [6, 6.07) is 9.11. The van der Waals surface area contributed by atoms with E-state index in [1.807, 2.05) is 11.0 Å². The SMILES string of the molecule is O=Nc1cccc(-c2nc(N3CCOCC3)nc3c2CCN3C(=O)Nc2ccc(F)cc2F)c1. The van der Waals surface area contributed by atoms with Gasteiger partial charge in [0.15, 0.2) is 0 Å². The Hall–Kier alpha value is -3.99. The summed E-state index contributed by atoms with van der Waals surface area (Å²) in [5.41, 5.74) is 2.14. The molecule has 2 amide bonds. The molecule has 0 aliphatic carbocycles. The average Bonchev–Trinajstić information content (AvgIpc) is 3.30. The molecule has 9 nitrogen and oxygen atoms in total. The van der Waals surface area contributed by atoms with E-state index in [1.54, 1.807) is 18.2 Å². The zero-order chi connectivity index (χ0) is 23.7. The van der Waals surface area contributed by atoms with Gasteiger partial charge >= 0.3 is 6.03 Å². The Kier molecular flexibility index (Phi) is 5.84. The minimum absolute atomic E-state index is 0.132. The minimum atomic E-state index is -0.872. The van der Waals surface area contributed by atoms with E-state index >= 15 is 0 Å². The van der Waals surface area contributed by atoms with Gasteiger partial charge in [-0.25, -0.2) is 18.6 Å². The first-order valence-corrected chi connectivity index (χ1v) is 10.7. The molecule has 3 aromatic rings. The highest BCUT2D eigenvalue weighted by Crippen LogP contribution is 2.37. The van der Waals surface area contributed by atoms with E-state index in [4.69, 9.17) is 9.72 Å². The van der Waals surface area contributed by atoms with E-state index < -0.39 is 17.7 Å². The van der Waals surface area contributed by atoms with Crippen molar-refractivity contribution in [2.24, 2.45) is 5.18 Å². The number of anilines is 3. The summed E-state index contributed by atoms with van der Waals surface area (Å²) < 4.78 is 32.8. The number of nitrogens with one attached hydrogen (secondary N) is 1. The number of rotatable bonds is 4. The third kappa shape index (κ3) is 4.17. The van der Waals surface area contributed by atoms with Crippen molar-refractivity contribution in [2.75, 3.05) is 48.0 Å². The van der Waals surface area contributed by atoms with Crippen molar-refractivity contribution in [1.29, 1.82) is 0 Å². The first-order valence-electron chi connectivity index (χ1n) is 10.7. The molecule has 1 saturated heterocycles. The standard InChI is InChI=1S/C23H20F2N6O3/c24-15-4-5-19(18(25)13-15)26-23(32)31-7-6-17-20(14-2-1-3-16(12-14)29-33)27-22(28-21(17)31)30-8-10-34-11-9-30/h1-5,12-13H,6-11H2,(H,26,32). The van der Waals surface area contributed by atoms with Crippen LogP contribution in [0, 0.1) is 16.5 Å². The number of urea groups is 1. The summed E-state index contributed by atoms with van der Waals surface area (Å²) in [7, 11) is 0. The van der Waals surface area contributed by atoms with Crippen LogP contribution in [0.4, 0.5) is 36.7 Å². The fraction of sp³-hybridized carbons (Fsp3) is 0.261. The summed E-state index contributed by atoms with van der Waals surface area (Å²) in [4.78, 5) is 37.0. The maximum Gasteiger partial charge on any atom is 0.327 e. The van der Waals surface area contributed by atoms with Crippen LogP contribution >= 0.6 is 0 Å². The number of morpholine rings is 1. The first-order chi connectivity index (χ1) is 16.5. The van der Waals surface area contributed by atoms with Crippen molar-refractivity contribution in [3.8, 4) is 11.3 Å². The average molecular weight is 466 g/mol. The Morgan fingerprint density at radius 2 is 1.88 bits per heavy atom. The lowest BCUT2D eigenvalue weighted by molar-refractivity contribution is 0.122. The van der Waals surface area contributed by atoms with Crippen molar-refractivity contribution < 1.29 is 18.3 Å². The highest BCUT2D eigenvalue weighted by Gasteiger charge is 2.32. The number of carbonyl (C=O) groups excluding carboxylic acids is 1. The topological polar surface area (TPSA) is 100 Å². The summed E-state index contributed by atoms with van der Waals surface area (Å²) in [5, 5.41) is 5.50. The smallest absolute Gasteiger partial charge is 0.327 e. The number of nitrogens with zero attached hydrogens (tertiary/aromatic N) is 5. The van der Waals surface area contributed by atoms with Gasteiger partial charge in [0.1, 0.15) is 23.1 Å². The number of hydrogen-bond acceptors (Lipinski definition) is 7. The second kappa shape index (κ2) is 9.10. The lowest BCUT2D eigenvalue weighted by atomic mass is 10.0. The summed E-state index contributed by atoms with van der Waals surface area (Å²) in [6.45, 7) is 2.51. The monoisotopic (exact) mass is 466 g/mol. The molecule has 1 N–H and O–H groups in total. The van der Waals surface area contributed by atoms with Gasteiger partial charge in [-0.3, -0.25) is 4.90 Å². The van der Waals surface area contributed by atoms with Crippen LogP contribution in [0.5, 0.6) is 0 Å². The van der Waals surface area contributed by atoms with E-state index in [0.717, 1.165) is 11.6 Å². The largest absolute Gasteiger partial charge is 0.378 e. The molecule has 3 heterocycles. The van der Waals surface area contributed by atoms with Crippen LogP contribution in [0.3, 0.4) is 0 Å².